The van der Waals surface area contributed by atoms with Crippen molar-refractivity contribution in [1.82, 2.24) is 0 Å². The molecule has 1 amide bonds. The van der Waals surface area contributed by atoms with Gasteiger partial charge < -0.3 is 14.4 Å². The van der Waals surface area contributed by atoms with Crippen molar-refractivity contribution in [2.24, 2.45) is 0 Å². The largest absolute Gasteiger partial charge is 0.493 e. The molecule has 9 heteroatoms. The molecular weight excluding hydrogens is 404 g/mol. The number of hydrogen-bond donors (Lipinski definition) is 0. The fraction of sp³-hybridized carbons (Fsp3) is 0.350. The molecule has 2 aromatic rings. The van der Waals surface area contributed by atoms with E-state index in [1.807, 2.05) is 12.1 Å². The van der Waals surface area contributed by atoms with E-state index in [1.165, 1.54) is 37.1 Å². The van der Waals surface area contributed by atoms with Gasteiger partial charge in [-0.25, -0.2) is 8.42 Å². The number of alkyl halides is 2. The number of anilines is 1. The summed E-state index contributed by atoms with van der Waals surface area (Å²) in [5, 5.41) is -1.25. The lowest BCUT2D eigenvalue weighted by molar-refractivity contribution is -0.117. The van der Waals surface area contributed by atoms with E-state index < -0.39 is 33.4 Å². The maximum absolute atomic E-state index is 12.9. The van der Waals surface area contributed by atoms with E-state index in [-0.39, 0.29) is 11.5 Å². The number of carbonyl (C=O) groups is 1. The van der Waals surface area contributed by atoms with Gasteiger partial charge in [-0.15, -0.1) is 0 Å². The van der Waals surface area contributed by atoms with Crippen LogP contribution in [0.1, 0.15) is 18.1 Å². The van der Waals surface area contributed by atoms with Crippen LogP contribution in [-0.4, -0.2) is 39.8 Å². The van der Waals surface area contributed by atoms with Gasteiger partial charge in [0.2, 0.25) is 5.91 Å². The molecule has 0 spiro atoms. The average Bonchev–Trinajstić information content (AvgIpc) is 3.11. The SMILES string of the molecule is COc1cc(CS(=O)(=O)[C@H](C)C(=O)N2CCc3ccccc32)ccc1OC(F)F. The van der Waals surface area contributed by atoms with Crippen LogP contribution in [0.2, 0.25) is 0 Å². The third-order valence-electron chi connectivity index (χ3n) is 4.85. The second-order valence-corrected chi connectivity index (χ2v) is 9.00. The summed E-state index contributed by atoms with van der Waals surface area (Å²) >= 11 is 0. The Morgan fingerprint density at radius 3 is 2.59 bits per heavy atom. The number of rotatable bonds is 7. The van der Waals surface area contributed by atoms with Crippen LogP contribution in [0.25, 0.3) is 0 Å². The Balaban J connectivity index is 1.78. The predicted molar refractivity (Wildman–Crippen MR) is 104 cm³/mol. The van der Waals surface area contributed by atoms with Gasteiger partial charge in [0.15, 0.2) is 21.3 Å². The monoisotopic (exact) mass is 425 g/mol. The summed E-state index contributed by atoms with van der Waals surface area (Å²) in [7, 11) is -2.58. The first-order valence-electron chi connectivity index (χ1n) is 8.95. The van der Waals surface area contributed by atoms with E-state index in [2.05, 4.69) is 4.74 Å². The molecule has 0 aromatic heterocycles. The minimum Gasteiger partial charge on any atom is -0.493 e. The van der Waals surface area contributed by atoms with E-state index in [9.17, 15) is 22.0 Å². The number of hydrogen-bond acceptors (Lipinski definition) is 5. The molecule has 0 radical (unpaired) electrons. The van der Waals surface area contributed by atoms with Crippen LogP contribution in [0, 0.1) is 0 Å². The zero-order valence-electron chi connectivity index (χ0n) is 16.0. The minimum atomic E-state index is -3.85. The van der Waals surface area contributed by atoms with Crippen molar-refractivity contribution in [3.63, 3.8) is 0 Å². The normalized spacial score (nSPS) is 14.6. The second kappa shape index (κ2) is 8.36. The molecule has 6 nitrogen and oxygen atoms in total. The fourth-order valence-electron chi connectivity index (χ4n) is 3.29. The first-order chi connectivity index (χ1) is 13.7. The summed E-state index contributed by atoms with van der Waals surface area (Å²) < 4.78 is 59.9. The number of ether oxygens (including phenoxy) is 2. The third-order valence-corrected chi connectivity index (χ3v) is 6.87. The minimum absolute atomic E-state index is 0.00884. The number of methoxy groups -OCH3 is 1. The third kappa shape index (κ3) is 4.50. The number of nitrogens with zero attached hydrogens (tertiary/aromatic N) is 1. The molecule has 1 heterocycles. The summed E-state index contributed by atoms with van der Waals surface area (Å²) in [4.78, 5) is 14.4. The second-order valence-electron chi connectivity index (χ2n) is 6.68. The van der Waals surface area contributed by atoms with Crippen LogP contribution in [0.5, 0.6) is 11.5 Å². The van der Waals surface area contributed by atoms with E-state index in [1.54, 1.807) is 12.1 Å². The number of carbonyl (C=O) groups excluding carboxylic acids is 1. The molecule has 1 aliphatic rings. The zero-order chi connectivity index (χ0) is 21.2. The van der Waals surface area contributed by atoms with Gasteiger partial charge in [-0.05, 0) is 42.7 Å². The Morgan fingerprint density at radius 2 is 1.90 bits per heavy atom. The fourth-order valence-corrected chi connectivity index (χ4v) is 4.62. The lowest BCUT2D eigenvalue weighted by Gasteiger charge is -2.22. The molecule has 0 unspecified atom stereocenters. The van der Waals surface area contributed by atoms with Gasteiger partial charge >= 0.3 is 6.61 Å². The van der Waals surface area contributed by atoms with Crippen molar-refractivity contribution < 1.29 is 31.5 Å². The maximum Gasteiger partial charge on any atom is 0.387 e. The Hall–Kier alpha value is -2.68. The molecule has 2 aromatic carbocycles. The molecular formula is C20H21F2NO5S. The summed E-state index contributed by atoms with van der Waals surface area (Å²) in [6.45, 7) is -1.23. The smallest absolute Gasteiger partial charge is 0.387 e. The summed E-state index contributed by atoms with van der Waals surface area (Å²) in [5.41, 5.74) is 2.05. The van der Waals surface area contributed by atoms with Gasteiger partial charge in [0.05, 0.1) is 12.9 Å². The molecule has 0 bridgehead atoms. The summed E-state index contributed by atoms with van der Waals surface area (Å²) in [5.74, 6) is -1.12. The molecule has 1 atom stereocenters. The molecule has 156 valence electrons. The van der Waals surface area contributed by atoms with Gasteiger partial charge in [0.1, 0.15) is 5.25 Å². The number of sulfone groups is 1. The Kier molecular flexibility index (Phi) is 6.07. The number of halogens is 2. The molecule has 0 aliphatic carbocycles. The van der Waals surface area contributed by atoms with Crippen LogP contribution in [0.15, 0.2) is 42.5 Å². The zero-order valence-corrected chi connectivity index (χ0v) is 16.8. The van der Waals surface area contributed by atoms with E-state index >= 15 is 0 Å². The van der Waals surface area contributed by atoms with Crippen LogP contribution in [0.3, 0.4) is 0 Å². The van der Waals surface area contributed by atoms with Gasteiger partial charge in [0.25, 0.3) is 0 Å². The molecule has 3 rings (SSSR count). The number of para-hydroxylation sites is 1. The highest BCUT2D eigenvalue weighted by Crippen LogP contribution is 2.32. The van der Waals surface area contributed by atoms with Crippen molar-refractivity contribution in [2.45, 2.75) is 31.0 Å². The highest BCUT2D eigenvalue weighted by atomic mass is 32.2. The Labute approximate surface area is 168 Å². The first kappa shape index (κ1) is 21.0. The first-order valence-corrected chi connectivity index (χ1v) is 10.7. The van der Waals surface area contributed by atoms with Crippen molar-refractivity contribution in [3.8, 4) is 11.5 Å². The Morgan fingerprint density at radius 1 is 1.17 bits per heavy atom. The van der Waals surface area contributed by atoms with Crippen LogP contribution in [0.4, 0.5) is 14.5 Å². The lowest BCUT2D eigenvalue weighted by atomic mass is 10.2. The number of amides is 1. The number of fused-ring (bicyclic) bond motifs is 1. The van der Waals surface area contributed by atoms with Gasteiger partial charge in [-0.1, -0.05) is 24.3 Å². The highest BCUT2D eigenvalue weighted by molar-refractivity contribution is 7.92. The highest BCUT2D eigenvalue weighted by Gasteiger charge is 2.35. The van der Waals surface area contributed by atoms with Crippen molar-refractivity contribution in [2.75, 3.05) is 18.6 Å². The molecule has 1 aliphatic heterocycles. The van der Waals surface area contributed by atoms with Gasteiger partial charge in [-0.2, -0.15) is 8.78 Å². The lowest BCUT2D eigenvalue weighted by Crippen LogP contribution is -2.41. The average molecular weight is 425 g/mol. The van der Waals surface area contributed by atoms with Crippen LogP contribution < -0.4 is 14.4 Å². The standard InChI is InChI=1S/C20H21F2NO5S/c1-13(19(24)23-10-9-15-5-3-4-6-16(15)23)29(25,26)12-14-7-8-17(28-20(21)22)18(11-14)27-2/h3-8,11,13,20H,9-10,12H2,1-2H3/t13-/m1/s1. The van der Waals surface area contributed by atoms with Crippen LogP contribution >= 0.6 is 0 Å². The maximum atomic E-state index is 12.9. The predicted octanol–water partition coefficient (Wildman–Crippen LogP) is 3.19. The Bertz CT molecular complexity index is 1010. The quantitative estimate of drug-likeness (QED) is 0.681. The molecule has 0 saturated heterocycles. The van der Waals surface area contributed by atoms with E-state index in [4.69, 9.17) is 4.74 Å². The molecule has 0 saturated carbocycles. The molecule has 0 N–H and O–H groups in total. The van der Waals surface area contributed by atoms with Gasteiger partial charge in [0, 0.05) is 12.2 Å². The molecule has 0 fully saturated rings. The van der Waals surface area contributed by atoms with E-state index in [0.29, 0.717) is 18.5 Å². The summed E-state index contributed by atoms with van der Waals surface area (Å²) in [6.07, 6.45) is 0.678. The van der Waals surface area contributed by atoms with Crippen LogP contribution in [-0.2, 0) is 26.8 Å². The number of benzene rings is 2. The van der Waals surface area contributed by atoms with Crippen molar-refractivity contribution in [3.05, 3.63) is 53.6 Å². The summed E-state index contributed by atoms with van der Waals surface area (Å²) in [6, 6.07) is 11.3. The van der Waals surface area contributed by atoms with Crippen molar-refractivity contribution in [1.29, 1.82) is 0 Å². The van der Waals surface area contributed by atoms with E-state index in [0.717, 1.165) is 11.3 Å². The molecule has 29 heavy (non-hydrogen) atoms. The van der Waals surface area contributed by atoms with Gasteiger partial charge in [-0.3, -0.25) is 4.79 Å². The topological polar surface area (TPSA) is 72.9 Å². The van der Waals surface area contributed by atoms with Crippen molar-refractivity contribution >= 4 is 21.4 Å².